The first-order chi connectivity index (χ1) is 15.9. The summed E-state index contributed by atoms with van der Waals surface area (Å²) in [5.74, 6) is -1.10. The van der Waals surface area contributed by atoms with Crippen LogP contribution in [-0.2, 0) is 19.4 Å². The maximum atomic E-state index is 13.7. The molecule has 1 heterocycles. The quantitative estimate of drug-likeness (QED) is 0.693. The Hall–Kier alpha value is -3.14. The third-order valence-corrected chi connectivity index (χ3v) is 6.99. The van der Waals surface area contributed by atoms with Gasteiger partial charge in [0.1, 0.15) is 11.4 Å². The summed E-state index contributed by atoms with van der Waals surface area (Å²) in [6.07, 6.45) is 0.322. The van der Waals surface area contributed by atoms with Crippen LogP contribution in [-0.4, -0.2) is 57.1 Å². The summed E-state index contributed by atoms with van der Waals surface area (Å²) in [4.78, 5) is 27.6. The lowest BCUT2D eigenvalue weighted by molar-refractivity contribution is -0.114. The molecule has 0 spiro atoms. The number of hydrogen-bond donors (Lipinski definition) is 1. The molecule has 1 aliphatic rings. The molecule has 2 aromatic rings. The summed E-state index contributed by atoms with van der Waals surface area (Å²) in [5.41, 5.74) is 0.231. The molecular weight excluding hydrogens is 461 g/mol. The van der Waals surface area contributed by atoms with E-state index in [0.29, 0.717) is 38.3 Å². The van der Waals surface area contributed by atoms with Crippen LogP contribution in [0, 0.1) is 5.82 Å². The molecule has 10 heteroatoms. The van der Waals surface area contributed by atoms with Crippen molar-refractivity contribution in [2.45, 2.75) is 49.5 Å². The molecule has 0 saturated carbocycles. The van der Waals surface area contributed by atoms with Crippen LogP contribution in [0.5, 0.6) is 0 Å². The number of nitrogens with zero attached hydrogens (tertiary/aromatic N) is 2. The molecule has 0 unspecified atom stereocenters. The van der Waals surface area contributed by atoms with Crippen molar-refractivity contribution in [1.29, 1.82) is 0 Å². The molecule has 1 N–H and O–H groups in total. The van der Waals surface area contributed by atoms with Crippen molar-refractivity contribution in [3.8, 4) is 0 Å². The number of carbonyl (C=O) groups is 2. The summed E-state index contributed by atoms with van der Waals surface area (Å²) in [5, 5.41) is 2.59. The Morgan fingerprint density at radius 1 is 1.03 bits per heavy atom. The average molecular weight is 492 g/mol. The first-order valence-electron chi connectivity index (χ1n) is 11.0. The van der Waals surface area contributed by atoms with E-state index in [1.807, 2.05) is 25.7 Å². The van der Waals surface area contributed by atoms with Crippen molar-refractivity contribution in [3.05, 3.63) is 48.3 Å². The number of hydrogen-bond acceptors (Lipinski definition) is 6. The smallest absolute Gasteiger partial charge is 0.410 e. The molecule has 8 nitrogen and oxygen atoms in total. The van der Waals surface area contributed by atoms with Crippen molar-refractivity contribution in [1.82, 2.24) is 4.90 Å². The molecule has 0 radical (unpaired) electrons. The Bertz CT molecular complexity index is 1180. The van der Waals surface area contributed by atoms with Gasteiger partial charge in [0.2, 0.25) is 15.7 Å². The summed E-state index contributed by atoms with van der Waals surface area (Å²) < 4.78 is 45.5. The van der Waals surface area contributed by atoms with Crippen LogP contribution in [0.15, 0.2) is 52.3 Å². The number of sulfone groups is 1. The summed E-state index contributed by atoms with van der Waals surface area (Å²) in [6.45, 7) is 8.86. The zero-order valence-electron chi connectivity index (χ0n) is 19.8. The Kier molecular flexibility index (Phi) is 7.50. The number of rotatable bonds is 4. The molecule has 2 amide bonds. The normalized spacial score (nSPS) is 15.0. The van der Waals surface area contributed by atoms with Gasteiger partial charge in [-0.25, -0.2) is 17.6 Å². The van der Waals surface area contributed by atoms with E-state index < -0.39 is 27.2 Å². The van der Waals surface area contributed by atoms with Crippen LogP contribution in [0.1, 0.15) is 34.1 Å². The van der Waals surface area contributed by atoms with Gasteiger partial charge in [-0.05, 0) is 63.6 Å². The van der Waals surface area contributed by atoms with Crippen LogP contribution >= 0.6 is 0 Å². The highest BCUT2D eigenvalue weighted by Gasteiger charge is 2.26. The van der Waals surface area contributed by atoms with Gasteiger partial charge in [-0.1, -0.05) is 6.07 Å². The van der Waals surface area contributed by atoms with Gasteiger partial charge in [-0.2, -0.15) is 0 Å². The van der Waals surface area contributed by atoms with Crippen LogP contribution in [0.2, 0.25) is 0 Å². The van der Waals surface area contributed by atoms with Gasteiger partial charge in [0.25, 0.3) is 0 Å². The second-order valence-electron chi connectivity index (χ2n) is 9.13. The molecular formula is C24H30FN3O5S. The van der Waals surface area contributed by atoms with Crippen LogP contribution in [0.3, 0.4) is 0 Å². The van der Waals surface area contributed by atoms with Crippen LogP contribution < -0.4 is 10.2 Å². The second-order valence-corrected chi connectivity index (χ2v) is 11.0. The third kappa shape index (κ3) is 6.25. The minimum atomic E-state index is -4.07. The van der Waals surface area contributed by atoms with E-state index in [1.165, 1.54) is 25.1 Å². The van der Waals surface area contributed by atoms with Gasteiger partial charge in [0.15, 0.2) is 0 Å². The fraction of sp³-hybridized carbons (Fsp3) is 0.417. The van der Waals surface area contributed by atoms with Gasteiger partial charge >= 0.3 is 6.09 Å². The Labute approximate surface area is 199 Å². The first-order valence-corrected chi connectivity index (χ1v) is 12.5. The van der Waals surface area contributed by atoms with Crippen molar-refractivity contribution in [2.24, 2.45) is 0 Å². The highest BCUT2D eigenvalue weighted by atomic mass is 32.2. The maximum absolute atomic E-state index is 13.7. The number of amides is 2. The summed E-state index contributed by atoms with van der Waals surface area (Å²) in [6, 6.07) is 9.40. The van der Waals surface area contributed by atoms with Crippen LogP contribution in [0.4, 0.5) is 20.6 Å². The molecule has 0 aliphatic carbocycles. The van der Waals surface area contributed by atoms with Crippen molar-refractivity contribution in [3.63, 3.8) is 0 Å². The van der Waals surface area contributed by atoms with E-state index >= 15 is 0 Å². The first kappa shape index (κ1) is 25.5. The summed E-state index contributed by atoms with van der Waals surface area (Å²) in [7, 11) is -4.07. The predicted molar refractivity (Wildman–Crippen MR) is 127 cm³/mol. The molecule has 0 atom stereocenters. The maximum Gasteiger partial charge on any atom is 0.410 e. The largest absolute Gasteiger partial charge is 0.444 e. The van der Waals surface area contributed by atoms with Gasteiger partial charge in [0.05, 0.1) is 15.5 Å². The van der Waals surface area contributed by atoms with Gasteiger partial charge in [-0.15, -0.1) is 0 Å². The SMILES string of the molecule is CC(=O)Nc1cc(N2CCCN(C(=O)OC(C)(C)C)CC2)ccc1S(=O)(=O)c1cccc(F)c1. The number of benzene rings is 2. The van der Waals surface area contributed by atoms with Gasteiger partial charge in [0, 0.05) is 38.8 Å². The summed E-state index contributed by atoms with van der Waals surface area (Å²) >= 11 is 0. The lowest BCUT2D eigenvalue weighted by atomic mass is 10.2. The average Bonchev–Trinajstić information content (AvgIpc) is 2.98. The minimum Gasteiger partial charge on any atom is -0.444 e. The fourth-order valence-electron chi connectivity index (χ4n) is 3.68. The molecule has 0 aromatic heterocycles. The number of ether oxygens (including phenoxy) is 1. The van der Waals surface area contributed by atoms with Crippen molar-refractivity contribution >= 4 is 33.2 Å². The third-order valence-electron chi connectivity index (χ3n) is 5.18. The van der Waals surface area contributed by atoms with E-state index in [2.05, 4.69) is 5.32 Å². The molecule has 1 fully saturated rings. The van der Waals surface area contributed by atoms with E-state index in [9.17, 15) is 22.4 Å². The zero-order valence-corrected chi connectivity index (χ0v) is 20.6. The molecule has 34 heavy (non-hydrogen) atoms. The Morgan fingerprint density at radius 2 is 1.76 bits per heavy atom. The molecule has 1 saturated heterocycles. The van der Waals surface area contributed by atoms with E-state index in [1.54, 1.807) is 17.0 Å². The molecule has 184 valence electrons. The predicted octanol–water partition coefficient (Wildman–Crippen LogP) is 4.06. The standard InChI is InChI=1S/C24H30FN3O5S/c1-17(29)26-21-16-19(9-10-22(21)34(31,32)20-8-5-7-18(25)15-20)27-11-6-12-28(14-13-27)23(30)33-24(2,3)4/h5,7-10,15-16H,6,11-14H2,1-4H3,(H,26,29). The molecule has 0 bridgehead atoms. The fourth-order valence-corrected chi connectivity index (χ4v) is 5.11. The molecule has 2 aromatic carbocycles. The number of carbonyl (C=O) groups excluding carboxylic acids is 2. The monoisotopic (exact) mass is 491 g/mol. The van der Waals surface area contributed by atoms with Gasteiger partial charge in [-0.3, -0.25) is 4.79 Å². The molecule has 1 aliphatic heterocycles. The molecule has 3 rings (SSSR count). The topological polar surface area (TPSA) is 96.0 Å². The number of nitrogens with one attached hydrogen (secondary N) is 1. The lowest BCUT2D eigenvalue weighted by Gasteiger charge is -2.27. The number of halogens is 1. The lowest BCUT2D eigenvalue weighted by Crippen LogP contribution is -2.39. The van der Waals surface area contributed by atoms with E-state index in [4.69, 9.17) is 4.74 Å². The van der Waals surface area contributed by atoms with E-state index in [-0.39, 0.29) is 21.6 Å². The Balaban J connectivity index is 1.88. The highest BCUT2D eigenvalue weighted by Crippen LogP contribution is 2.32. The second kappa shape index (κ2) is 10.0. The zero-order chi connectivity index (χ0) is 25.1. The minimum absolute atomic E-state index is 0.113. The highest BCUT2D eigenvalue weighted by molar-refractivity contribution is 7.91. The van der Waals surface area contributed by atoms with Gasteiger partial charge < -0.3 is 19.9 Å². The van der Waals surface area contributed by atoms with Crippen molar-refractivity contribution < 1.29 is 27.1 Å². The van der Waals surface area contributed by atoms with Crippen LogP contribution in [0.25, 0.3) is 0 Å². The number of anilines is 2. The van der Waals surface area contributed by atoms with Crippen molar-refractivity contribution in [2.75, 3.05) is 36.4 Å². The van der Waals surface area contributed by atoms with E-state index in [0.717, 1.165) is 12.1 Å². The Morgan fingerprint density at radius 3 is 2.41 bits per heavy atom.